The second-order valence-electron chi connectivity index (χ2n) is 3.71. The third kappa shape index (κ3) is 3.81. The van der Waals surface area contributed by atoms with Crippen LogP contribution in [0, 0.1) is 5.92 Å². The van der Waals surface area contributed by atoms with Crippen LogP contribution in [0.15, 0.2) is 0 Å². The van der Waals surface area contributed by atoms with Gasteiger partial charge in [-0.15, -0.1) is 12.4 Å². The normalized spacial score (nSPS) is 29.8. The highest BCUT2D eigenvalue weighted by Crippen LogP contribution is 2.17. The lowest BCUT2D eigenvalue weighted by atomic mass is 9.91. The first-order valence-corrected chi connectivity index (χ1v) is 4.96. The highest BCUT2D eigenvalue weighted by molar-refractivity contribution is 5.85. The number of nitrogens with two attached hydrogens (primary N) is 2. The number of hydrogen-bond donors (Lipinski definition) is 2. The first kappa shape index (κ1) is 13.2. The molecule has 2 unspecified atom stereocenters. The van der Waals surface area contributed by atoms with Gasteiger partial charge in [0.2, 0.25) is 0 Å². The van der Waals surface area contributed by atoms with Crippen molar-refractivity contribution in [1.29, 1.82) is 0 Å². The standard InChI is InChI=1S/C9H21N3.ClH/c1-2-8-7-12(6-4-10)5-3-9(8)11;/h8-9H,2-7,10-11H2,1H3;1H. The molecule has 80 valence electrons. The Balaban J connectivity index is 0.00000144. The van der Waals surface area contributed by atoms with Crippen LogP contribution in [0.25, 0.3) is 0 Å². The summed E-state index contributed by atoms with van der Waals surface area (Å²) in [6.45, 7) is 6.30. The lowest BCUT2D eigenvalue weighted by molar-refractivity contribution is 0.156. The molecule has 1 rings (SSSR count). The van der Waals surface area contributed by atoms with Gasteiger partial charge in [0.05, 0.1) is 0 Å². The van der Waals surface area contributed by atoms with Crippen LogP contribution in [0.1, 0.15) is 19.8 Å². The van der Waals surface area contributed by atoms with Crippen molar-refractivity contribution in [1.82, 2.24) is 4.90 Å². The molecule has 0 aromatic rings. The molecule has 1 saturated heterocycles. The van der Waals surface area contributed by atoms with Crippen LogP contribution in [0.4, 0.5) is 0 Å². The smallest absolute Gasteiger partial charge is 0.0105 e. The molecular weight excluding hydrogens is 186 g/mol. The molecule has 0 aliphatic carbocycles. The maximum absolute atomic E-state index is 5.99. The maximum atomic E-state index is 5.99. The van der Waals surface area contributed by atoms with Crippen molar-refractivity contribution < 1.29 is 0 Å². The summed E-state index contributed by atoms with van der Waals surface area (Å²) in [5, 5.41) is 0. The van der Waals surface area contributed by atoms with E-state index in [4.69, 9.17) is 11.5 Å². The SMILES string of the molecule is CCC1CN(CCN)CCC1N.Cl. The molecule has 0 saturated carbocycles. The van der Waals surface area contributed by atoms with Crippen molar-refractivity contribution in [3.63, 3.8) is 0 Å². The Labute approximate surface area is 87.2 Å². The largest absolute Gasteiger partial charge is 0.329 e. The summed E-state index contributed by atoms with van der Waals surface area (Å²) >= 11 is 0. The molecule has 1 heterocycles. The van der Waals surface area contributed by atoms with Gasteiger partial charge in [0.15, 0.2) is 0 Å². The van der Waals surface area contributed by atoms with E-state index in [2.05, 4.69) is 11.8 Å². The number of nitrogens with zero attached hydrogens (tertiary/aromatic N) is 1. The predicted octanol–water partition coefficient (Wildman–Crippen LogP) is 0.426. The molecule has 1 aliphatic heterocycles. The molecule has 3 nitrogen and oxygen atoms in total. The van der Waals surface area contributed by atoms with E-state index >= 15 is 0 Å². The fraction of sp³-hybridized carbons (Fsp3) is 1.00. The van der Waals surface area contributed by atoms with Crippen molar-refractivity contribution >= 4 is 12.4 Å². The molecule has 1 aliphatic rings. The van der Waals surface area contributed by atoms with E-state index in [-0.39, 0.29) is 12.4 Å². The van der Waals surface area contributed by atoms with Crippen LogP contribution in [-0.2, 0) is 0 Å². The number of hydrogen-bond acceptors (Lipinski definition) is 3. The van der Waals surface area contributed by atoms with E-state index in [1.54, 1.807) is 0 Å². The van der Waals surface area contributed by atoms with Gasteiger partial charge in [0.25, 0.3) is 0 Å². The Morgan fingerprint density at radius 1 is 1.46 bits per heavy atom. The monoisotopic (exact) mass is 207 g/mol. The fourth-order valence-electron chi connectivity index (χ4n) is 1.94. The van der Waals surface area contributed by atoms with Gasteiger partial charge in [0.1, 0.15) is 0 Å². The summed E-state index contributed by atoms with van der Waals surface area (Å²) in [4.78, 5) is 2.43. The number of halogens is 1. The van der Waals surface area contributed by atoms with Crippen LogP contribution in [0.5, 0.6) is 0 Å². The molecule has 4 heteroatoms. The molecule has 0 aromatic carbocycles. The molecule has 0 bridgehead atoms. The second kappa shape index (κ2) is 6.60. The van der Waals surface area contributed by atoms with Gasteiger partial charge in [-0.3, -0.25) is 0 Å². The van der Waals surface area contributed by atoms with Crippen LogP contribution in [0.3, 0.4) is 0 Å². The molecule has 13 heavy (non-hydrogen) atoms. The molecule has 0 aromatic heterocycles. The van der Waals surface area contributed by atoms with Gasteiger partial charge in [0, 0.05) is 25.7 Å². The minimum atomic E-state index is 0. The molecule has 4 N–H and O–H groups in total. The van der Waals surface area contributed by atoms with E-state index in [1.807, 2.05) is 0 Å². The first-order valence-electron chi connectivity index (χ1n) is 4.96. The topological polar surface area (TPSA) is 55.3 Å². The van der Waals surface area contributed by atoms with Crippen LogP contribution < -0.4 is 11.5 Å². The lowest BCUT2D eigenvalue weighted by Gasteiger charge is -2.36. The summed E-state index contributed by atoms with van der Waals surface area (Å²) in [6, 6.07) is 0.420. The Morgan fingerprint density at radius 3 is 2.69 bits per heavy atom. The minimum Gasteiger partial charge on any atom is -0.329 e. The zero-order chi connectivity index (χ0) is 8.97. The van der Waals surface area contributed by atoms with E-state index in [1.165, 1.54) is 6.42 Å². The molecule has 0 radical (unpaired) electrons. The third-order valence-electron chi connectivity index (χ3n) is 2.85. The van der Waals surface area contributed by atoms with Gasteiger partial charge in [-0.2, -0.15) is 0 Å². The van der Waals surface area contributed by atoms with Crippen LogP contribution in [0.2, 0.25) is 0 Å². The Bertz CT molecular complexity index is 132. The van der Waals surface area contributed by atoms with E-state index in [9.17, 15) is 0 Å². The Morgan fingerprint density at radius 2 is 2.15 bits per heavy atom. The molecule has 1 fully saturated rings. The summed E-state index contributed by atoms with van der Waals surface area (Å²) in [5.74, 6) is 0.685. The fourth-order valence-corrected chi connectivity index (χ4v) is 1.94. The Kier molecular flexibility index (Phi) is 6.68. The average Bonchev–Trinajstić information content (AvgIpc) is 2.09. The van der Waals surface area contributed by atoms with Crippen LogP contribution in [-0.4, -0.2) is 37.1 Å². The van der Waals surface area contributed by atoms with Gasteiger partial charge >= 0.3 is 0 Å². The lowest BCUT2D eigenvalue weighted by Crippen LogP contribution is -2.48. The first-order chi connectivity index (χ1) is 5.77. The van der Waals surface area contributed by atoms with Gasteiger partial charge < -0.3 is 16.4 Å². The van der Waals surface area contributed by atoms with Gasteiger partial charge in [-0.1, -0.05) is 13.3 Å². The van der Waals surface area contributed by atoms with Crippen molar-refractivity contribution in [2.45, 2.75) is 25.8 Å². The summed E-state index contributed by atoms with van der Waals surface area (Å²) in [6.07, 6.45) is 2.33. The second-order valence-corrected chi connectivity index (χ2v) is 3.71. The summed E-state index contributed by atoms with van der Waals surface area (Å²) < 4.78 is 0. The van der Waals surface area contributed by atoms with Gasteiger partial charge in [-0.05, 0) is 18.9 Å². The maximum Gasteiger partial charge on any atom is 0.0105 e. The third-order valence-corrected chi connectivity index (χ3v) is 2.85. The van der Waals surface area contributed by atoms with Gasteiger partial charge in [-0.25, -0.2) is 0 Å². The quantitative estimate of drug-likeness (QED) is 0.706. The van der Waals surface area contributed by atoms with E-state index < -0.39 is 0 Å². The minimum absolute atomic E-state index is 0. The molecule has 0 spiro atoms. The number of rotatable bonds is 3. The van der Waals surface area contributed by atoms with Crippen molar-refractivity contribution in [3.05, 3.63) is 0 Å². The molecular formula is C9H22ClN3. The van der Waals surface area contributed by atoms with Crippen LogP contribution >= 0.6 is 12.4 Å². The average molecular weight is 208 g/mol. The highest BCUT2D eigenvalue weighted by Gasteiger charge is 2.24. The highest BCUT2D eigenvalue weighted by atomic mass is 35.5. The number of piperidine rings is 1. The zero-order valence-electron chi connectivity index (χ0n) is 8.41. The Hall–Kier alpha value is 0.170. The van der Waals surface area contributed by atoms with E-state index in [0.717, 1.165) is 32.6 Å². The molecule has 0 amide bonds. The zero-order valence-corrected chi connectivity index (χ0v) is 9.22. The summed E-state index contributed by atoms with van der Waals surface area (Å²) in [5.41, 5.74) is 11.5. The number of likely N-dealkylation sites (tertiary alicyclic amines) is 1. The van der Waals surface area contributed by atoms with Crippen molar-refractivity contribution in [2.75, 3.05) is 26.2 Å². The van der Waals surface area contributed by atoms with Crippen molar-refractivity contribution in [3.8, 4) is 0 Å². The van der Waals surface area contributed by atoms with Crippen molar-refractivity contribution in [2.24, 2.45) is 17.4 Å². The molecule has 2 atom stereocenters. The summed E-state index contributed by atoms with van der Waals surface area (Å²) in [7, 11) is 0. The predicted molar refractivity (Wildman–Crippen MR) is 59.1 cm³/mol. The van der Waals surface area contributed by atoms with E-state index in [0.29, 0.717) is 12.0 Å².